The van der Waals surface area contributed by atoms with Gasteiger partial charge in [-0.2, -0.15) is 5.26 Å². The Balaban J connectivity index is 1.51. The molecule has 8 heteroatoms. The number of aromatic nitrogens is 1. The fourth-order valence-electron chi connectivity index (χ4n) is 3.49. The second kappa shape index (κ2) is 9.87. The number of hydrogen-bond donors (Lipinski definition) is 1. The lowest BCUT2D eigenvalue weighted by molar-refractivity contribution is -0.116. The van der Waals surface area contributed by atoms with Gasteiger partial charge in [0.05, 0.1) is 28.1 Å². The number of amides is 1. The highest BCUT2D eigenvalue weighted by Crippen LogP contribution is 2.32. The molecular weight excluding hydrogens is 482 g/mol. The molecule has 3 aromatic carbocycles. The number of carbonyl (C=O) groups excluding carboxylic acids is 2. The van der Waals surface area contributed by atoms with Crippen LogP contribution in [0.5, 0.6) is 11.5 Å². The number of fused-ring (bicyclic) bond motifs is 1. The largest absolute Gasteiger partial charge is 0.457 e. The van der Waals surface area contributed by atoms with Crippen LogP contribution < -0.4 is 10.1 Å². The average molecular weight is 504 g/mol. The molecule has 0 radical (unpaired) electrons. The van der Waals surface area contributed by atoms with Crippen molar-refractivity contribution in [1.29, 1.82) is 5.26 Å². The summed E-state index contributed by atoms with van der Waals surface area (Å²) in [5.74, 6) is 0.930. The molecule has 176 valence electrons. The highest BCUT2D eigenvalue weighted by Gasteiger charge is 2.24. The van der Waals surface area contributed by atoms with Crippen LogP contribution in [0, 0.1) is 11.3 Å². The molecule has 1 aromatic heterocycles. The van der Waals surface area contributed by atoms with Crippen LogP contribution in [0.2, 0.25) is 5.02 Å². The van der Waals surface area contributed by atoms with Gasteiger partial charge in [-0.3, -0.25) is 9.59 Å². The maximum atomic E-state index is 12.9. The minimum Gasteiger partial charge on any atom is -0.457 e. The number of Topliss-reactive ketones (excluding diaryl/α,β-unsaturated/α-hetero) is 1. The van der Waals surface area contributed by atoms with Crippen molar-refractivity contribution in [3.63, 3.8) is 0 Å². The van der Waals surface area contributed by atoms with Crippen LogP contribution in [0.1, 0.15) is 41.7 Å². The third-order valence-electron chi connectivity index (χ3n) is 5.31. The molecule has 0 saturated carbocycles. The summed E-state index contributed by atoms with van der Waals surface area (Å²) in [4.78, 5) is 28.7. The van der Waals surface area contributed by atoms with Crippen LogP contribution in [0.25, 0.3) is 10.2 Å². The summed E-state index contributed by atoms with van der Waals surface area (Å²) in [6.45, 7) is 5.06. The van der Waals surface area contributed by atoms with Gasteiger partial charge in [-0.1, -0.05) is 17.7 Å². The molecule has 0 fully saturated rings. The van der Waals surface area contributed by atoms with Crippen molar-refractivity contribution >= 4 is 50.5 Å². The highest BCUT2D eigenvalue weighted by molar-refractivity contribution is 7.18. The Hall–Kier alpha value is -3.73. The van der Waals surface area contributed by atoms with Crippen molar-refractivity contribution < 1.29 is 14.3 Å². The van der Waals surface area contributed by atoms with Crippen molar-refractivity contribution in [2.24, 2.45) is 0 Å². The van der Waals surface area contributed by atoms with Gasteiger partial charge in [0.25, 0.3) is 5.91 Å². The van der Waals surface area contributed by atoms with Crippen LogP contribution in [-0.4, -0.2) is 16.7 Å². The van der Waals surface area contributed by atoms with Crippen LogP contribution in [0.4, 0.5) is 5.69 Å². The summed E-state index contributed by atoms with van der Waals surface area (Å²) < 4.78 is 6.94. The standard InChI is InChI=1S/C27H22ClN3O3S/c1-16(32)11-25-31-23-10-8-20(14-24(23)35-25)34-19-6-4-5-18(13-19)30-26(33)17-7-9-22(28)21(12-17)27(2,3)15-29/h4-10,12-14H,11H2,1-3H3,(H,30,33). The van der Waals surface area contributed by atoms with E-state index in [1.54, 1.807) is 63.2 Å². The first-order valence-electron chi connectivity index (χ1n) is 10.8. The molecular formula is C27H22ClN3O3S. The molecule has 0 aliphatic heterocycles. The van der Waals surface area contributed by atoms with E-state index in [2.05, 4.69) is 16.4 Å². The molecule has 1 N–H and O–H groups in total. The van der Waals surface area contributed by atoms with Crippen molar-refractivity contribution in [2.75, 3.05) is 5.32 Å². The van der Waals surface area contributed by atoms with E-state index in [1.807, 2.05) is 18.2 Å². The van der Waals surface area contributed by atoms with Gasteiger partial charge in [0.15, 0.2) is 0 Å². The smallest absolute Gasteiger partial charge is 0.255 e. The number of halogens is 1. The second-order valence-corrected chi connectivity index (χ2v) is 10.2. The van der Waals surface area contributed by atoms with Crippen LogP contribution in [0.15, 0.2) is 60.7 Å². The first-order chi connectivity index (χ1) is 16.6. The molecule has 0 aliphatic carbocycles. The lowest BCUT2D eigenvalue weighted by Crippen LogP contribution is -2.17. The highest BCUT2D eigenvalue weighted by atomic mass is 35.5. The van der Waals surface area contributed by atoms with E-state index < -0.39 is 5.41 Å². The summed E-state index contributed by atoms with van der Waals surface area (Å²) in [6.07, 6.45) is 0.320. The summed E-state index contributed by atoms with van der Waals surface area (Å²) in [5.41, 5.74) is 1.55. The Kier molecular flexibility index (Phi) is 6.88. The van der Waals surface area contributed by atoms with Gasteiger partial charge in [0.1, 0.15) is 22.3 Å². The van der Waals surface area contributed by atoms with Gasteiger partial charge < -0.3 is 10.1 Å². The van der Waals surface area contributed by atoms with Crippen LogP contribution >= 0.6 is 22.9 Å². The summed E-state index contributed by atoms with van der Waals surface area (Å²) in [7, 11) is 0. The van der Waals surface area contributed by atoms with E-state index >= 15 is 0 Å². The van der Waals surface area contributed by atoms with E-state index in [0.29, 0.717) is 39.8 Å². The van der Waals surface area contributed by atoms with E-state index in [-0.39, 0.29) is 11.7 Å². The number of hydrogen-bond acceptors (Lipinski definition) is 6. The van der Waals surface area contributed by atoms with Crippen molar-refractivity contribution in [3.05, 3.63) is 81.8 Å². The first kappa shape index (κ1) is 24.4. The third kappa shape index (κ3) is 5.68. The van der Waals surface area contributed by atoms with Crippen molar-refractivity contribution in [1.82, 2.24) is 4.98 Å². The molecule has 0 spiro atoms. The number of carbonyl (C=O) groups is 2. The second-order valence-electron chi connectivity index (χ2n) is 8.63. The maximum Gasteiger partial charge on any atom is 0.255 e. The number of nitrogens with one attached hydrogen (secondary N) is 1. The number of ether oxygens (including phenoxy) is 1. The molecule has 0 aliphatic rings. The SMILES string of the molecule is CC(=O)Cc1nc2ccc(Oc3cccc(NC(=O)c4ccc(Cl)c(C(C)(C)C#N)c4)c3)cc2s1. The van der Waals surface area contributed by atoms with Crippen LogP contribution in [0.3, 0.4) is 0 Å². The normalized spacial score (nSPS) is 11.2. The van der Waals surface area contributed by atoms with Crippen molar-refractivity contribution in [3.8, 4) is 17.6 Å². The molecule has 0 atom stereocenters. The Morgan fingerprint density at radius 2 is 1.89 bits per heavy atom. The van der Waals surface area contributed by atoms with Crippen molar-refractivity contribution in [2.45, 2.75) is 32.6 Å². The fourth-order valence-corrected chi connectivity index (χ4v) is 4.91. The number of anilines is 1. The average Bonchev–Trinajstić information content (AvgIpc) is 3.20. The molecule has 6 nitrogen and oxygen atoms in total. The van der Waals surface area contributed by atoms with E-state index in [4.69, 9.17) is 16.3 Å². The predicted octanol–water partition coefficient (Wildman–Crippen LogP) is 6.93. The summed E-state index contributed by atoms with van der Waals surface area (Å²) >= 11 is 7.73. The topological polar surface area (TPSA) is 92.1 Å². The number of ketones is 1. The Morgan fingerprint density at radius 3 is 2.63 bits per heavy atom. The van der Waals surface area contributed by atoms with E-state index in [1.165, 1.54) is 11.3 Å². The molecule has 0 bridgehead atoms. The third-order valence-corrected chi connectivity index (χ3v) is 6.66. The quantitative estimate of drug-likeness (QED) is 0.295. The zero-order valence-corrected chi connectivity index (χ0v) is 21.0. The van der Waals surface area contributed by atoms with Gasteiger partial charge >= 0.3 is 0 Å². The summed E-state index contributed by atoms with van der Waals surface area (Å²) in [6, 6.07) is 19.7. The molecule has 1 amide bonds. The maximum absolute atomic E-state index is 12.9. The van der Waals surface area contributed by atoms with E-state index in [9.17, 15) is 14.9 Å². The molecule has 1 heterocycles. The molecule has 4 rings (SSSR count). The summed E-state index contributed by atoms with van der Waals surface area (Å²) in [5, 5.41) is 13.5. The zero-order chi connectivity index (χ0) is 25.2. The number of benzene rings is 3. The van der Waals surface area contributed by atoms with Crippen LogP contribution in [-0.2, 0) is 16.6 Å². The van der Waals surface area contributed by atoms with Gasteiger partial charge in [0.2, 0.25) is 0 Å². The monoisotopic (exact) mass is 503 g/mol. The van der Waals surface area contributed by atoms with Gasteiger partial charge in [-0.15, -0.1) is 11.3 Å². The van der Waals surface area contributed by atoms with E-state index in [0.717, 1.165) is 15.2 Å². The minimum absolute atomic E-state index is 0.0722. The van der Waals surface area contributed by atoms with Gasteiger partial charge in [-0.25, -0.2) is 4.98 Å². The lowest BCUT2D eigenvalue weighted by Gasteiger charge is -2.18. The molecule has 0 saturated heterocycles. The zero-order valence-electron chi connectivity index (χ0n) is 19.4. The molecule has 0 unspecified atom stereocenters. The molecule has 35 heavy (non-hydrogen) atoms. The lowest BCUT2D eigenvalue weighted by atomic mass is 9.85. The van der Waals surface area contributed by atoms with Gasteiger partial charge in [-0.05, 0) is 68.8 Å². The van der Waals surface area contributed by atoms with Gasteiger partial charge in [0, 0.05) is 28.4 Å². The number of rotatable bonds is 7. The molecule has 4 aromatic rings. The Labute approximate surface area is 212 Å². The Bertz CT molecular complexity index is 1490. The minimum atomic E-state index is -0.826. The number of nitrogens with zero attached hydrogens (tertiary/aromatic N) is 2. The first-order valence-corrected chi connectivity index (χ1v) is 12.0. The number of thiazole rings is 1. The Morgan fingerprint density at radius 1 is 1.11 bits per heavy atom. The fraction of sp³-hybridized carbons (Fsp3) is 0.185. The number of nitriles is 1. The predicted molar refractivity (Wildman–Crippen MR) is 139 cm³/mol.